The highest BCUT2D eigenvalue weighted by Crippen LogP contribution is 2.25. The van der Waals surface area contributed by atoms with E-state index in [0.717, 1.165) is 12.3 Å². The highest BCUT2D eigenvalue weighted by atomic mass is 19.1. The maximum absolute atomic E-state index is 13.5. The highest BCUT2D eigenvalue weighted by molar-refractivity contribution is 5.99. The predicted molar refractivity (Wildman–Crippen MR) is 106 cm³/mol. The molecule has 1 fully saturated rings. The van der Waals surface area contributed by atoms with Crippen LogP contribution in [0.15, 0.2) is 60.9 Å². The first-order valence-corrected chi connectivity index (χ1v) is 9.35. The van der Waals surface area contributed by atoms with Crippen molar-refractivity contribution in [2.24, 2.45) is 0 Å². The normalized spacial score (nSPS) is 25.9. The molecule has 31 heavy (non-hydrogen) atoms. The van der Waals surface area contributed by atoms with E-state index in [2.05, 4.69) is 5.32 Å². The summed E-state index contributed by atoms with van der Waals surface area (Å²) in [4.78, 5) is 11.8. The van der Waals surface area contributed by atoms with E-state index >= 15 is 0 Å². The SMILES string of the molecule is O=C(/C=C/Oc1ccc(O[C@@H]2O[C@H](CO)[C@@H](O)[C@H](O)[C@H]2O)cc1)Nc1ccccc1F. The zero-order valence-electron chi connectivity index (χ0n) is 16.2. The summed E-state index contributed by atoms with van der Waals surface area (Å²) in [7, 11) is 0. The number of carbonyl (C=O) groups excluding carboxylic acids is 1. The lowest BCUT2D eigenvalue weighted by molar-refractivity contribution is -0.277. The lowest BCUT2D eigenvalue weighted by Gasteiger charge is -2.39. The first-order valence-electron chi connectivity index (χ1n) is 9.35. The van der Waals surface area contributed by atoms with Gasteiger partial charge in [-0.05, 0) is 36.4 Å². The van der Waals surface area contributed by atoms with Crippen LogP contribution in [0.2, 0.25) is 0 Å². The van der Waals surface area contributed by atoms with Crippen molar-refractivity contribution >= 4 is 11.6 Å². The molecule has 9 nitrogen and oxygen atoms in total. The molecule has 0 aromatic heterocycles. The fourth-order valence-corrected chi connectivity index (χ4v) is 2.81. The molecule has 0 aliphatic carbocycles. The van der Waals surface area contributed by atoms with Gasteiger partial charge >= 0.3 is 0 Å². The molecule has 1 amide bonds. The number of benzene rings is 2. The van der Waals surface area contributed by atoms with Crippen LogP contribution in [0.25, 0.3) is 0 Å². The third-order valence-electron chi connectivity index (χ3n) is 4.48. The zero-order valence-corrected chi connectivity index (χ0v) is 16.2. The summed E-state index contributed by atoms with van der Waals surface area (Å²) in [6.07, 6.45) is -4.70. The molecule has 0 unspecified atom stereocenters. The number of rotatable bonds is 7. The maximum atomic E-state index is 13.5. The van der Waals surface area contributed by atoms with Crippen LogP contribution in [0.5, 0.6) is 11.5 Å². The van der Waals surface area contributed by atoms with Crippen LogP contribution in [-0.2, 0) is 9.53 Å². The molecule has 166 valence electrons. The molecule has 2 aromatic rings. The monoisotopic (exact) mass is 435 g/mol. The largest absolute Gasteiger partial charge is 0.465 e. The van der Waals surface area contributed by atoms with Gasteiger partial charge in [-0.1, -0.05) is 12.1 Å². The van der Waals surface area contributed by atoms with E-state index < -0.39 is 49.0 Å². The van der Waals surface area contributed by atoms with Gasteiger partial charge in [-0.3, -0.25) is 4.79 Å². The minimum Gasteiger partial charge on any atom is -0.465 e. The Labute approximate surface area is 176 Å². The quantitative estimate of drug-likeness (QED) is 0.314. The molecular weight excluding hydrogens is 413 g/mol. The number of amides is 1. The lowest BCUT2D eigenvalue weighted by atomic mass is 9.99. The van der Waals surface area contributed by atoms with Crippen LogP contribution >= 0.6 is 0 Å². The van der Waals surface area contributed by atoms with E-state index in [4.69, 9.17) is 14.2 Å². The summed E-state index contributed by atoms with van der Waals surface area (Å²) in [5.41, 5.74) is 0.0480. The Balaban J connectivity index is 1.52. The van der Waals surface area contributed by atoms with Crippen LogP contribution in [0.3, 0.4) is 0 Å². The minimum atomic E-state index is -1.54. The van der Waals surface area contributed by atoms with Crippen molar-refractivity contribution in [2.75, 3.05) is 11.9 Å². The van der Waals surface area contributed by atoms with Gasteiger partial charge in [-0.2, -0.15) is 0 Å². The summed E-state index contributed by atoms with van der Waals surface area (Å²) in [5.74, 6) is -0.512. The average Bonchev–Trinajstić information content (AvgIpc) is 2.77. The number of aliphatic hydroxyl groups is 4. The van der Waals surface area contributed by atoms with E-state index in [1.54, 1.807) is 6.07 Å². The Bertz CT molecular complexity index is 905. The second kappa shape index (κ2) is 10.3. The third kappa shape index (κ3) is 5.78. The molecule has 1 aliphatic heterocycles. The van der Waals surface area contributed by atoms with Crippen molar-refractivity contribution in [1.29, 1.82) is 0 Å². The van der Waals surface area contributed by atoms with Crippen LogP contribution in [0.4, 0.5) is 10.1 Å². The van der Waals surface area contributed by atoms with Crippen LogP contribution < -0.4 is 14.8 Å². The molecule has 10 heteroatoms. The van der Waals surface area contributed by atoms with Gasteiger partial charge in [-0.25, -0.2) is 4.39 Å². The molecule has 1 aliphatic rings. The maximum Gasteiger partial charge on any atom is 0.251 e. The van der Waals surface area contributed by atoms with Gasteiger partial charge in [0.05, 0.1) is 18.6 Å². The fourth-order valence-electron chi connectivity index (χ4n) is 2.81. The Hall–Kier alpha value is -3.02. The van der Waals surface area contributed by atoms with Crippen LogP contribution in [0, 0.1) is 5.82 Å². The van der Waals surface area contributed by atoms with Crippen molar-refractivity contribution in [3.63, 3.8) is 0 Å². The van der Waals surface area contributed by atoms with Gasteiger partial charge in [0.25, 0.3) is 5.91 Å². The Morgan fingerprint density at radius 3 is 2.39 bits per heavy atom. The molecule has 5 atom stereocenters. The molecule has 0 saturated carbocycles. The highest BCUT2D eigenvalue weighted by Gasteiger charge is 2.44. The summed E-state index contributed by atoms with van der Waals surface area (Å²) in [6.45, 7) is -0.561. The zero-order chi connectivity index (χ0) is 22.4. The van der Waals surface area contributed by atoms with Crippen molar-refractivity contribution < 1.29 is 43.8 Å². The van der Waals surface area contributed by atoms with Crippen LogP contribution in [0.1, 0.15) is 0 Å². The van der Waals surface area contributed by atoms with Crippen molar-refractivity contribution in [3.8, 4) is 11.5 Å². The topological polar surface area (TPSA) is 138 Å². The number of para-hydroxylation sites is 1. The number of nitrogens with one attached hydrogen (secondary N) is 1. The summed E-state index contributed by atoms with van der Waals surface area (Å²) < 4.78 is 29.5. The molecule has 0 bridgehead atoms. The first kappa shape index (κ1) is 22.7. The standard InChI is InChI=1S/C21H22FNO8/c22-14-3-1-2-4-15(14)23-17(25)9-10-29-12-5-7-13(8-6-12)30-21-20(28)19(27)18(26)16(11-24)31-21/h1-10,16,18-21,24,26-28H,11H2,(H,23,25)/b10-9+/t16-,18-,19+,20-,21-/m1/s1. The molecule has 2 aromatic carbocycles. The third-order valence-corrected chi connectivity index (χ3v) is 4.48. The van der Waals surface area contributed by atoms with Gasteiger partial charge in [-0.15, -0.1) is 0 Å². The fraction of sp³-hybridized carbons (Fsp3) is 0.286. The van der Waals surface area contributed by atoms with Gasteiger partial charge in [0.2, 0.25) is 6.29 Å². The molecule has 3 rings (SSSR count). The second-order valence-corrected chi connectivity index (χ2v) is 6.68. The Morgan fingerprint density at radius 2 is 1.71 bits per heavy atom. The Kier molecular flexibility index (Phi) is 7.55. The lowest BCUT2D eigenvalue weighted by Crippen LogP contribution is -2.60. The number of hydrogen-bond donors (Lipinski definition) is 5. The molecular formula is C21H22FNO8. The minimum absolute atomic E-state index is 0.0480. The second-order valence-electron chi connectivity index (χ2n) is 6.68. The average molecular weight is 435 g/mol. The summed E-state index contributed by atoms with van der Waals surface area (Å²) in [5, 5.41) is 41.1. The van der Waals surface area contributed by atoms with Crippen molar-refractivity contribution in [1.82, 2.24) is 0 Å². The number of hydrogen-bond acceptors (Lipinski definition) is 8. The van der Waals surface area contributed by atoms with E-state index in [9.17, 15) is 29.6 Å². The number of anilines is 1. The Morgan fingerprint density at radius 1 is 1.03 bits per heavy atom. The molecule has 1 saturated heterocycles. The summed E-state index contributed by atoms with van der Waals surface area (Å²) >= 11 is 0. The number of halogens is 1. The van der Waals surface area contributed by atoms with Gasteiger partial charge < -0.3 is 40.0 Å². The predicted octanol–water partition coefficient (Wildman–Crippen LogP) is 0.536. The van der Waals surface area contributed by atoms with E-state index in [1.807, 2.05) is 0 Å². The van der Waals surface area contributed by atoms with Gasteiger partial charge in [0, 0.05) is 6.08 Å². The molecule has 0 radical (unpaired) electrons. The van der Waals surface area contributed by atoms with Gasteiger partial charge in [0.15, 0.2) is 0 Å². The number of carbonyl (C=O) groups is 1. The number of ether oxygens (including phenoxy) is 3. The van der Waals surface area contributed by atoms with Gasteiger partial charge in [0.1, 0.15) is 41.7 Å². The molecule has 5 N–H and O–H groups in total. The smallest absolute Gasteiger partial charge is 0.251 e. The number of aliphatic hydroxyl groups excluding tert-OH is 4. The van der Waals surface area contributed by atoms with Crippen molar-refractivity contribution in [3.05, 3.63) is 66.7 Å². The first-order chi connectivity index (χ1) is 14.9. The van der Waals surface area contributed by atoms with E-state index in [-0.39, 0.29) is 11.4 Å². The van der Waals surface area contributed by atoms with Crippen LogP contribution in [-0.4, -0.2) is 63.6 Å². The van der Waals surface area contributed by atoms with E-state index in [0.29, 0.717) is 5.75 Å². The van der Waals surface area contributed by atoms with Crippen molar-refractivity contribution in [2.45, 2.75) is 30.7 Å². The molecule has 0 spiro atoms. The molecule has 1 heterocycles. The van der Waals surface area contributed by atoms with E-state index in [1.165, 1.54) is 42.5 Å². The summed E-state index contributed by atoms with van der Waals surface area (Å²) in [6, 6.07) is 11.8.